The number of hydrogen-bond donors (Lipinski definition) is 4. The number of nitrogens with two attached hydrogens (primary N) is 2. The van der Waals surface area contributed by atoms with E-state index in [1.165, 1.54) is 38.5 Å². The molecule has 0 saturated heterocycles. The lowest BCUT2D eigenvalue weighted by Crippen LogP contribution is -2.56. The van der Waals surface area contributed by atoms with Crippen molar-refractivity contribution in [2.45, 2.75) is 116 Å². The Morgan fingerprint density at radius 3 is 1.21 bits per heavy atom. The van der Waals surface area contributed by atoms with Gasteiger partial charge in [0.05, 0.1) is 11.4 Å². The van der Waals surface area contributed by atoms with Crippen molar-refractivity contribution in [2.24, 2.45) is 33.5 Å². The highest BCUT2D eigenvalue weighted by atomic mass is 16.5. The molecule has 8 aliphatic rings. The van der Waals surface area contributed by atoms with Gasteiger partial charge in [0.15, 0.2) is 11.5 Å². The lowest BCUT2D eigenvalue weighted by atomic mass is 9.39. The molecule has 11 rings (SSSR count). The van der Waals surface area contributed by atoms with Crippen LogP contribution in [0.1, 0.15) is 116 Å². The van der Waals surface area contributed by atoms with E-state index in [0.717, 1.165) is 49.7 Å². The fourth-order valence-corrected chi connectivity index (χ4v) is 14.5. The van der Waals surface area contributed by atoms with E-state index < -0.39 is 0 Å². The zero-order chi connectivity index (χ0) is 33.5. The van der Waals surface area contributed by atoms with Crippen molar-refractivity contribution >= 4 is 11.4 Å². The number of para-hydroxylation sites is 2. The van der Waals surface area contributed by atoms with Crippen molar-refractivity contribution < 1.29 is 19.7 Å². The van der Waals surface area contributed by atoms with E-state index in [0.29, 0.717) is 67.9 Å². The Kier molecular flexibility index (Phi) is 6.09. The standard InChI is InChI=1S/C42H52N2O4/c1-37-13-25-14-38(2,19-37)22-41(17-25,21-37)27-9-29(43)31(45)11-35(27)47-33-7-5-6-8-34(33)48-36-12-32(46)30(44)10-28(36)42-18-26-15-39(3,23-42)20-40(4,16-26)24-42/h5-12,25-26,45-46H,13-24,43-44H2,1-4H3. The highest BCUT2D eigenvalue weighted by Gasteiger charge is 2.62. The van der Waals surface area contributed by atoms with Crippen LogP contribution in [0.4, 0.5) is 11.4 Å². The summed E-state index contributed by atoms with van der Waals surface area (Å²) in [5.41, 5.74) is 17.0. The van der Waals surface area contributed by atoms with Crippen LogP contribution in [0.2, 0.25) is 0 Å². The van der Waals surface area contributed by atoms with Crippen LogP contribution in [0.25, 0.3) is 0 Å². The van der Waals surface area contributed by atoms with Crippen LogP contribution in [-0.4, -0.2) is 10.2 Å². The monoisotopic (exact) mass is 648 g/mol. The van der Waals surface area contributed by atoms with Crippen LogP contribution < -0.4 is 20.9 Å². The average molecular weight is 649 g/mol. The maximum Gasteiger partial charge on any atom is 0.169 e. The zero-order valence-electron chi connectivity index (χ0n) is 29.1. The van der Waals surface area contributed by atoms with Crippen LogP contribution in [0, 0.1) is 33.5 Å². The Balaban J connectivity index is 1.11. The van der Waals surface area contributed by atoms with Crippen molar-refractivity contribution in [2.75, 3.05) is 11.5 Å². The lowest BCUT2D eigenvalue weighted by Gasteiger charge is -2.65. The Hall–Kier alpha value is -3.54. The number of benzene rings is 3. The number of hydrogen-bond acceptors (Lipinski definition) is 6. The van der Waals surface area contributed by atoms with Gasteiger partial charge in [-0.3, -0.25) is 0 Å². The maximum atomic E-state index is 10.9. The minimum Gasteiger partial charge on any atom is -0.506 e. The molecule has 4 atom stereocenters. The van der Waals surface area contributed by atoms with Crippen molar-refractivity contribution in [3.63, 3.8) is 0 Å². The lowest BCUT2D eigenvalue weighted by molar-refractivity contribution is -0.110. The average Bonchev–Trinajstić information content (AvgIpc) is 2.93. The minimum atomic E-state index is -0.0451. The highest BCUT2D eigenvalue weighted by molar-refractivity contribution is 5.64. The SMILES string of the molecule is CC12CC3CC(C)(C1)CC(c1cc(N)c(O)cc1Oc1ccccc1Oc1cc(O)c(N)cc1C14CC5CC(C)(CC(C)(C5)C1)C4)(C3)C2. The summed E-state index contributed by atoms with van der Waals surface area (Å²) in [5.74, 6) is 3.88. The van der Waals surface area contributed by atoms with Gasteiger partial charge >= 0.3 is 0 Å². The van der Waals surface area contributed by atoms with Gasteiger partial charge in [-0.15, -0.1) is 0 Å². The second kappa shape index (κ2) is 9.57. The summed E-state index contributed by atoms with van der Waals surface area (Å²) in [6.45, 7) is 9.90. The van der Waals surface area contributed by atoms with Gasteiger partial charge in [-0.25, -0.2) is 0 Å². The highest BCUT2D eigenvalue weighted by Crippen LogP contribution is 2.72. The number of anilines is 2. The molecule has 3 aromatic rings. The van der Waals surface area contributed by atoms with Gasteiger partial charge in [0, 0.05) is 34.1 Å². The van der Waals surface area contributed by atoms with E-state index in [-0.39, 0.29) is 22.3 Å². The molecule has 8 bridgehead atoms. The van der Waals surface area contributed by atoms with Crippen LogP contribution in [-0.2, 0) is 10.8 Å². The summed E-state index contributed by atoms with van der Waals surface area (Å²) >= 11 is 0. The van der Waals surface area contributed by atoms with Crippen molar-refractivity contribution in [1.82, 2.24) is 0 Å². The molecule has 0 aliphatic heterocycles. The van der Waals surface area contributed by atoms with E-state index in [4.69, 9.17) is 20.9 Å². The third-order valence-corrected chi connectivity index (χ3v) is 13.9. The molecule has 0 aromatic heterocycles. The molecule has 6 nitrogen and oxygen atoms in total. The van der Waals surface area contributed by atoms with Crippen LogP contribution in [0.5, 0.6) is 34.5 Å². The van der Waals surface area contributed by atoms with Gasteiger partial charge in [-0.2, -0.15) is 0 Å². The summed E-state index contributed by atoms with van der Waals surface area (Å²) in [6, 6.07) is 15.2. The smallest absolute Gasteiger partial charge is 0.169 e. The summed E-state index contributed by atoms with van der Waals surface area (Å²) in [5, 5.41) is 21.8. The molecule has 0 spiro atoms. The number of ether oxygens (including phenoxy) is 2. The molecule has 0 heterocycles. The molecule has 48 heavy (non-hydrogen) atoms. The van der Waals surface area contributed by atoms with Crippen molar-refractivity contribution in [3.8, 4) is 34.5 Å². The summed E-state index contributed by atoms with van der Waals surface area (Å²) in [7, 11) is 0. The predicted molar refractivity (Wildman–Crippen MR) is 190 cm³/mol. The molecule has 254 valence electrons. The molecule has 8 fully saturated rings. The van der Waals surface area contributed by atoms with Crippen LogP contribution in [0.15, 0.2) is 48.5 Å². The predicted octanol–water partition coefficient (Wildman–Crippen LogP) is 10.3. The first-order chi connectivity index (χ1) is 22.6. The fourth-order valence-electron chi connectivity index (χ4n) is 14.5. The normalized spacial score (nSPS) is 40.3. The molecule has 0 amide bonds. The summed E-state index contributed by atoms with van der Waals surface area (Å²) in [4.78, 5) is 0. The van der Waals surface area contributed by atoms with Crippen molar-refractivity contribution in [1.29, 1.82) is 0 Å². The third kappa shape index (κ3) is 4.64. The molecule has 0 radical (unpaired) electrons. The fraction of sp³-hybridized carbons (Fsp3) is 0.571. The second-order valence-electron chi connectivity index (χ2n) is 19.3. The third-order valence-electron chi connectivity index (χ3n) is 13.9. The topological polar surface area (TPSA) is 111 Å². The Bertz CT molecular complexity index is 1680. The Morgan fingerprint density at radius 1 is 0.521 bits per heavy atom. The molecular formula is C42H52N2O4. The van der Waals surface area contributed by atoms with Gasteiger partial charge in [-0.1, -0.05) is 39.8 Å². The van der Waals surface area contributed by atoms with Gasteiger partial charge in [-0.05, 0) is 135 Å². The first-order valence-corrected chi connectivity index (χ1v) is 18.3. The summed E-state index contributed by atoms with van der Waals surface area (Å²) in [6.07, 6.45) is 14.4. The molecule has 6 heteroatoms. The van der Waals surface area contributed by atoms with Gasteiger partial charge in [0.25, 0.3) is 0 Å². The minimum absolute atomic E-state index is 0.0313. The first-order valence-electron chi connectivity index (χ1n) is 18.3. The number of phenols is 2. The number of aromatic hydroxyl groups is 2. The zero-order valence-corrected chi connectivity index (χ0v) is 29.1. The molecule has 6 N–H and O–H groups in total. The van der Waals surface area contributed by atoms with Crippen LogP contribution in [0.3, 0.4) is 0 Å². The number of nitrogen functional groups attached to an aromatic ring is 2. The van der Waals surface area contributed by atoms with Crippen LogP contribution >= 0.6 is 0 Å². The molecule has 8 aliphatic carbocycles. The van der Waals surface area contributed by atoms with Gasteiger partial charge < -0.3 is 31.2 Å². The van der Waals surface area contributed by atoms with Gasteiger partial charge in [0.1, 0.15) is 23.0 Å². The van der Waals surface area contributed by atoms with E-state index in [1.54, 1.807) is 12.1 Å². The van der Waals surface area contributed by atoms with Crippen molar-refractivity contribution in [3.05, 3.63) is 59.7 Å². The van der Waals surface area contributed by atoms with E-state index in [2.05, 4.69) is 27.7 Å². The number of phenolic OH excluding ortho intramolecular Hbond substituents is 2. The summed E-state index contributed by atoms with van der Waals surface area (Å²) < 4.78 is 13.7. The Labute approximate surface area is 285 Å². The first kappa shape index (κ1) is 30.5. The largest absolute Gasteiger partial charge is 0.506 e. The van der Waals surface area contributed by atoms with E-state index >= 15 is 0 Å². The second-order valence-corrected chi connectivity index (χ2v) is 19.3. The van der Waals surface area contributed by atoms with E-state index in [9.17, 15) is 10.2 Å². The van der Waals surface area contributed by atoms with E-state index in [1.807, 2.05) is 36.4 Å². The molecule has 3 aromatic carbocycles. The molecule has 8 saturated carbocycles. The van der Waals surface area contributed by atoms with Gasteiger partial charge in [0.2, 0.25) is 0 Å². The quantitative estimate of drug-likeness (QED) is 0.156. The maximum absolute atomic E-state index is 10.9. The number of rotatable bonds is 6. The molecule has 4 unspecified atom stereocenters. The Morgan fingerprint density at radius 2 is 0.875 bits per heavy atom. The molecular weight excluding hydrogens is 596 g/mol.